The highest BCUT2D eigenvalue weighted by Crippen LogP contribution is 2.18. The molecule has 1 aliphatic rings. The van der Waals surface area contributed by atoms with E-state index in [1.54, 1.807) is 29.2 Å². The zero-order valence-corrected chi connectivity index (χ0v) is 11.8. The average Bonchev–Trinajstić information content (AvgIpc) is 2.44. The van der Waals surface area contributed by atoms with E-state index < -0.39 is 6.10 Å². The Morgan fingerprint density at radius 1 is 1.45 bits per heavy atom. The number of rotatable bonds is 4. The fraction of sp³-hybridized carbons (Fsp3) is 0.533. The van der Waals surface area contributed by atoms with E-state index in [1.165, 1.54) is 0 Å². The third-order valence-electron chi connectivity index (χ3n) is 3.74. The van der Waals surface area contributed by atoms with Crippen molar-refractivity contribution >= 4 is 11.6 Å². The lowest BCUT2D eigenvalue weighted by Crippen LogP contribution is -2.46. The molecule has 2 atom stereocenters. The maximum atomic E-state index is 12.0. The van der Waals surface area contributed by atoms with Gasteiger partial charge in [-0.1, -0.05) is 6.92 Å². The molecule has 0 saturated carbocycles. The normalized spacial score (nSPS) is 22.6. The first-order valence-corrected chi connectivity index (χ1v) is 7.00. The highest BCUT2D eigenvalue weighted by Gasteiger charge is 2.26. The number of nitrogen functional groups attached to an aromatic ring is 1. The van der Waals surface area contributed by atoms with Gasteiger partial charge in [0.15, 0.2) is 0 Å². The van der Waals surface area contributed by atoms with Gasteiger partial charge in [-0.15, -0.1) is 0 Å². The van der Waals surface area contributed by atoms with Crippen LogP contribution in [0.2, 0.25) is 0 Å². The van der Waals surface area contributed by atoms with Crippen molar-refractivity contribution in [3.05, 3.63) is 24.3 Å². The molecule has 1 heterocycles. The van der Waals surface area contributed by atoms with E-state index in [4.69, 9.17) is 10.5 Å². The average molecular weight is 278 g/mol. The first kappa shape index (κ1) is 14.7. The van der Waals surface area contributed by atoms with Gasteiger partial charge in [-0.05, 0) is 36.6 Å². The molecular weight excluding hydrogens is 256 g/mol. The zero-order valence-electron chi connectivity index (χ0n) is 11.8. The zero-order chi connectivity index (χ0) is 14.5. The van der Waals surface area contributed by atoms with Gasteiger partial charge in [-0.25, -0.2) is 0 Å². The fourth-order valence-corrected chi connectivity index (χ4v) is 2.25. The Kier molecular flexibility index (Phi) is 4.84. The number of likely N-dealkylation sites (tertiary alicyclic amines) is 1. The number of nitrogens with two attached hydrogens (primary N) is 1. The van der Waals surface area contributed by atoms with Crippen molar-refractivity contribution < 1.29 is 14.6 Å². The number of nitrogens with zero attached hydrogens (tertiary/aromatic N) is 1. The smallest absolute Gasteiger partial charge is 0.226 e. The van der Waals surface area contributed by atoms with Gasteiger partial charge in [-0.3, -0.25) is 4.79 Å². The van der Waals surface area contributed by atoms with E-state index in [9.17, 15) is 9.90 Å². The topological polar surface area (TPSA) is 75.8 Å². The maximum Gasteiger partial charge on any atom is 0.226 e. The van der Waals surface area contributed by atoms with Crippen LogP contribution in [0, 0.1) is 5.92 Å². The lowest BCUT2D eigenvalue weighted by Gasteiger charge is -2.34. The fourth-order valence-electron chi connectivity index (χ4n) is 2.25. The summed E-state index contributed by atoms with van der Waals surface area (Å²) in [5, 5.41) is 9.79. The molecule has 1 amide bonds. The van der Waals surface area contributed by atoms with E-state index in [1.807, 2.05) is 6.92 Å². The number of hydrogen-bond acceptors (Lipinski definition) is 4. The molecule has 2 unspecified atom stereocenters. The summed E-state index contributed by atoms with van der Waals surface area (Å²) in [7, 11) is 0. The van der Waals surface area contributed by atoms with Crippen molar-refractivity contribution in [3.63, 3.8) is 0 Å². The number of aliphatic hydroxyl groups is 1. The van der Waals surface area contributed by atoms with Crippen molar-refractivity contribution in [3.8, 4) is 5.75 Å². The predicted molar refractivity (Wildman–Crippen MR) is 77.3 cm³/mol. The highest BCUT2D eigenvalue weighted by atomic mass is 16.5. The summed E-state index contributed by atoms with van der Waals surface area (Å²) in [6, 6.07) is 7.09. The Hall–Kier alpha value is -1.75. The van der Waals surface area contributed by atoms with Crippen LogP contribution in [0.5, 0.6) is 5.75 Å². The summed E-state index contributed by atoms with van der Waals surface area (Å²) in [4.78, 5) is 13.7. The molecule has 0 spiro atoms. The number of anilines is 1. The third kappa shape index (κ3) is 3.87. The molecule has 1 aliphatic heterocycles. The van der Waals surface area contributed by atoms with Crippen LogP contribution >= 0.6 is 0 Å². The summed E-state index contributed by atoms with van der Waals surface area (Å²) < 4.78 is 5.50. The van der Waals surface area contributed by atoms with Gasteiger partial charge < -0.3 is 20.5 Å². The Balaban J connectivity index is 1.74. The van der Waals surface area contributed by atoms with Gasteiger partial charge in [0.2, 0.25) is 5.91 Å². The second-order valence-electron chi connectivity index (χ2n) is 5.34. The number of carbonyl (C=O) groups is 1. The largest absolute Gasteiger partial charge is 0.493 e. The molecule has 1 fully saturated rings. The summed E-state index contributed by atoms with van der Waals surface area (Å²) in [6.07, 6.45) is 0.766. The van der Waals surface area contributed by atoms with Crippen molar-refractivity contribution in [2.24, 2.45) is 5.92 Å². The second kappa shape index (κ2) is 6.61. The van der Waals surface area contributed by atoms with Gasteiger partial charge in [0.25, 0.3) is 0 Å². The van der Waals surface area contributed by atoms with Crippen LogP contribution in [-0.2, 0) is 4.79 Å². The van der Waals surface area contributed by atoms with E-state index in [-0.39, 0.29) is 11.8 Å². The van der Waals surface area contributed by atoms with Crippen molar-refractivity contribution in [2.45, 2.75) is 25.9 Å². The molecule has 0 aromatic heterocycles. The molecule has 5 nitrogen and oxygen atoms in total. The minimum absolute atomic E-state index is 0.0337. The molecule has 3 N–H and O–H groups in total. The summed E-state index contributed by atoms with van der Waals surface area (Å²) >= 11 is 0. The molecule has 1 aromatic carbocycles. The number of benzene rings is 1. The van der Waals surface area contributed by atoms with Gasteiger partial charge in [0.1, 0.15) is 5.75 Å². The molecule has 110 valence electrons. The van der Waals surface area contributed by atoms with Crippen LogP contribution in [0.1, 0.15) is 19.8 Å². The van der Waals surface area contributed by atoms with Crippen LogP contribution < -0.4 is 10.5 Å². The standard InChI is InChI=1S/C15H22N2O3/c1-11-6-8-17(10-14(11)18)15(19)7-9-20-13-4-2-12(16)3-5-13/h2-5,11,14,18H,6-10,16H2,1H3. The van der Waals surface area contributed by atoms with Crippen LogP contribution in [-0.4, -0.2) is 41.7 Å². The summed E-state index contributed by atoms with van der Waals surface area (Å²) in [5.74, 6) is 1.01. The number of β-amino-alcohol motifs (C(OH)–C–C–N with tert-alkyl or cyclic N) is 1. The van der Waals surface area contributed by atoms with Gasteiger partial charge in [0.05, 0.1) is 19.1 Å². The number of amides is 1. The highest BCUT2D eigenvalue weighted by molar-refractivity contribution is 5.76. The van der Waals surface area contributed by atoms with Gasteiger partial charge in [-0.2, -0.15) is 0 Å². The summed E-state index contributed by atoms with van der Waals surface area (Å²) in [5.41, 5.74) is 6.27. The van der Waals surface area contributed by atoms with Crippen LogP contribution in [0.15, 0.2) is 24.3 Å². The first-order valence-electron chi connectivity index (χ1n) is 7.00. The molecule has 5 heteroatoms. The van der Waals surface area contributed by atoms with Gasteiger partial charge >= 0.3 is 0 Å². The van der Waals surface area contributed by atoms with Gasteiger partial charge in [0, 0.05) is 18.8 Å². The van der Waals surface area contributed by atoms with E-state index >= 15 is 0 Å². The molecule has 0 radical (unpaired) electrons. The van der Waals surface area contributed by atoms with Crippen LogP contribution in [0.25, 0.3) is 0 Å². The first-order chi connectivity index (χ1) is 9.56. The summed E-state index contributed by atoms with van der Waals surface area (Å²) in [6.45, 7) is 3.50. The molecule has 1 saturated heterocycles. The number of ether oxygens (including phenoxy) is 1. The maximum absolute atomic E-state index is 12.0. The predicted octanol–water partition coefficient (Wildman–Crippen LogP) is 1.27. The lowest BCUT2D eigenvalue weighted by atomic mass is 9.96. The van der Waals surface area contributed by atoms with E-state index in [2.05, 4.69) is 0 Å². The molecule has 20 heavy (non-hydrogen) atoms. The van der Waals surface area contributed by atoms with E-state index in [0.717, 1.165) is 13.0 Å². The SMILES string of the molecule is CC1CCN(C(=O)CCOc2ccc(N)cc2)CC1O. The minimum Gasteiger partial charge on any atom is -0.493 e. The van der Waals surface area contributed by atoms with Crippen LogP contribution in [0.4, 0.5) is 5.69 Å². The molecule has 0 aliphatic carbocycles. The Morgan fingerprint density at radius 3 is 2.80 bits per heavy atom. The number of hydrogen-bond donors (Lipinski definition) is 2. The third-order valence-corrected chi connectivity index (χ3v) is 3.74. The Labute approximate surface area is 119 Å². The molecular formula is C15H22N2O3. The minimum atomic E-state index is -0.411. The molecule has 0 bridgehead atoms. The van der Waals surface area contributed by atoms with Crippen LogP contribution in [0.3, 0.4) is 0 Å². The second-order valence-corrected chi connectivity index (χ2v) is 5.34. The monoisotopic (exact) mass is 278 g/mol. The van der Waals surface area contributed by atoms with Crippen molar-refractivity contribution in [2.75, 3.05) is 25.4 Å². The molecule has 2 rings (SSSR count). The Morgan fingerprint density at radius 2 is 2.15 bits per heavy atom. The van der Waals surface area contributed by atoms with Crippen molar-refractivity contribution in [1.82, 2.24) is 4.90 Å². The Bertz CT molecular complexity index is 447. The quantitative estimate of drug-likeness (QED) is 0.813. The number of aliphatic hydroxyl groups excluding tert-OH is 1. The number of piperidine rings is 1. The lowest BCUT2D eigenvalue weighted by molar-refractivity contribution is -0.135. The van der Waals surface area contributed by atoms with Crippen molar-refractivity contribution in [1.29, 1.82) is 0 Å². The number of carbonyl (C=O) groups excluding carboxylic acids is 1. The van der Waals surface area contributed by atoms with E-state index in [0.29, 0.717) is 31.0 Å². The molecule has 1 aromatic rings.